The summed E-state index contributed by atoms with van der Waals surface area (Å²) in [6.07, 6.45) is -4.20. The number of halogens is 3. The predicted molar refractivity (Wildman–Crippen MR) is 47.0 cm³/mol. The van der Waals surface area contributed by atoms with Gasteiger partial charge in [-0.05, 0) is 18.9 Å². The molecule has 1 rings (SSSR count). The van der Waals surface area contributed by atoms with Gasteiger partial charge in [0.2, 0.25) is 0 Å². The minimum atomic E-state index is -4.20. The van der Waals surface area contributed by atoms with E-state index in [1.54, 1.807) is 0 Å². The third-order valence-corrected chi connectivity index (χ3v) is 2.55. The maximum Gasteiger partial charge on any atom is 0.411 e. The molecule has 0 aromatic carbocycles. The Labute approximate surface area is 82.0 Å². The average molecular weight is 211 g/mol. The molecule has 0 aliphatic carbocycles. The lowest BCUT2D eigenvalue weighted by atomic mass is 9.99. The van der Waals surface area contributed by atoms with E-state index in [2.05, 4.69) is 9.64 Å². The highest BCUT2D eigenvalue weighted by molar-refractivity contribution is 4.79. The van der Waals surface area contributed by atoms with Gasteiger partial charge in [-0.1, -0.05) is 6.92 Å². The van der Waals surface area contributed by atoms with E-state index in [0.717, 1.165) is 13.1 Å². The molecule has 5 heteroatoms. The molecule has 0 aromatic heterocycles. The molecule has 0 spiro atoms. The Bertz CT molecular complexity index is 183. The SMILES string of the molecule is C[C@@H]1CN(C)C[C@@H]1COCC(F)(F)F. The van der Waals surface area contributed by atoms with E-state index < -0.39 is 12.8 Å². The summed E-state index contributed by atoms with van der Waals surface area (Å²) in [5.74, 6) is 0.663. The zero-order valence-electron chi connectivity index (χ0n) is 8.47. The van der Waals surface area contributed by atoms with Gasteiger partial charge >= 0.3 is 6.18 Å². The van der Waals surface area contributed by atoms with E-state index in [1.165, 1.54) is 0 Å². The number of likely N-dealkylation sites (tertiary alicyclic amines) is 1. The summed E-state index contributed by atoms with van der Waals surface area (Å²) in [5.41, 5.74) is 0. The first-order valence-electron chi connectivity index (χ1n) is 4.71. The first-order valence-corrected chi connectivity index (χ1v) is 4.71. The van der Waals surface area contributed by atoms with Crippen LogP contribution in [0.5, 0.6) is 0 Å². The van der Waals surface area contributed by atoms with Crippen LogP contribution in [0.2, 0.25) is 0 Å². The molecule has 1 saturated heterocycles. The van der Waals surface area contributed by atoms with Gasteiger partial charge in [0.25, 0.3) is 0 Å². The fraction of sp³-hybridized carbons (Fsp3) is 1.00. The molecular weight excluding hydrogens is 195 g/mol. The summed E-state index contributed by atoms with van der Waals surface area (Å²) in [6.45, 7) is 2.91. The molecule has 14 heavy (non-hydrogen) atoms. The molecule has 0 radical (unpaired) electrons. The van der Waals surface area contributed by atoms with Crippen molar-refractivity contribution in [2.24, 2.45) is 11.8 Å². The van der Waals surface area contributed by atoms with E-state index in [-0.39, 0.29) is 12.5 Å². The van der Waals surface area contributed by atoms with Crippen LogP contribution in [0, 0.1) is 11.8 Å². The second kappa shape index (κ2) is 4.49. The van der Waals surface area contributed by atoms with Gasteiger partial charge in [-0.2, -0.15) is 13.2 Å². The minimum Gasteiger partial charge on any atom is -0.372 e. The van der Waals surface area contributed by atoms with Gasteiger partial charge in [0, 0.05) is 13.1 Å². The number of rotatable bonds is 3. The van der Waals surface area contributed by atoms with Crippen molar-refractivity contribution in [3.8, 4) is 0 Å². The number of nitrogens with zero attached hydrogens (tertiary/aromatic N) is 1. The third kappa shape index (κ3) is 3.84. The molecule has 0 bridgehead atoms. The monoisotopic (exact) mass is 211 g/mol. The van der Waals surface area contributed by atoms with Crippen LogP contribution in [0.4, 0.5) is 13.2 Å². The van der Waals surface area contributed by atoms with Gasteiger partial charge in [-0.3, -0.25) is 0 Å². The lowest BCUT2D eigenvalue weighted by Crippen LogP contribution is -2.23. The second-order valence-electron chi connectivity index (χ2n) is 4.09. The largest absolute Gasteiger partial charge is 0.411 e. The second-order valence-corrected chi connectivity index (χ2v) is 4.09. The molecule has 1 fully saturated rings. The van der Waals surface area contributed by atoms with Crippen LogP contribution in [-0.2, 0) is 4.74 Å². The molecule has 1 heterocycles. The van der Waals surface area contributed by atoms with Crippen LogP contribution in [0.1, 0.15) is 6.92 Å². The zero-order chi connectivity index (χ0) is 10.8. The average Bonchev–Trinajstić information content (AvgIpc) is 2.27. The summed E-state index contributed by atoms with van der Waals surface area (Å²) in [6, 6.07) is 0. The summed E-state index contributed by atoms with van der Waals surface area (Å²) in [4.78, 5) is 2.12. The van der Waals surface area contributed by atoms with E-state index in [9.17, 15) is 13.2 Å². The van der Waals surface area contributed by atoms with Crippen molar-refractivity contribution in [2.75, 3.05) is 33.4 Å². The Morgan fingerprint density at radius 2 is 2.00 bits per heavy atom. The van der Waals surface area contributed by atoms with Crippen molar-refractivity contribution in [3.05, 3.63) is 0 Å². The van der Waals surface area contributed by atoms with E-state index >= 15 is 0 Å². The molecule has 1 aliphatic rings. The fourth-order valence-corrected chi connectivity index (χ4v) is 1.84. The van der Waals surface area contributed by atoms with Crippen LogP contribution >= 0.6 is 0 Å². The Morgan fingerprint density at radius 3 is 2.43 bits per heavy atom. The highest BCUT2D eigenvalue weighted by Crippen LogP contribution is 2.22. The Morgan fingerprint density at radius 1 is 1.36 bits per heavy atom. The van der Waals surface area contributed by atoms with Crippen molar-refractivity contribution in [2.45, 2.75) is 13.1 Å². The number of alkyl halides is 3. The first kappa shape index (κ1) is 11.8. The highest BCUT2D eigenvalue weighted by Gasteiger charge is 2.31. The maximum atomic E-state index is 11.8. The molecule has 0 unspecified atom stereocenters. The summed E-state index contributed by atoms with van der Waals surface area (Å²) in [7, 11) is 1.97. The molecule has 84 valence electrons. The van der Waals surface area contributed by atoms with Crippen LogP contribution in [-0.4, -0.2) is 44.4 Å². The molecule has 0 aromatic rings. The normalized spacial score (nSPS) is 29.8. The van der Waals surface area contributed by atoms with Gasteiger partial charge < -0.3 is 9.64 Å². The summed E-state index contributed by atoms with van der Waals surface area (Å²) in [5, 5.41) is 0. The molecule has 2 atom stereocenters. The molecule has 0 N–H and O–H groups in total. The fourth-order valence-electron chi connectivity index (χ4n) is 1.84. The quantitative estimate of drug-likeness (QED) is 0.705. The van der Waals surface area contributed by atoms with Crippen LogP contribution < -0.4 is 0 Å². The standard InChI is InChI=1S/C9H16F3NO/c1-7-3-13(2)4-8(7)5-14-6-9(10,11)12/h7-8H,3-6H2,1-2H3/t7-,8-/m1/s1. The Hall–Kier alpha value is -0.290. The maximum absolute atomic E-state index is 11.8. The Kier molecular flexibility index (Phi) is 3.78. The predicted octanol–water partition coefficient (Wildman–Crippen LogP) is 1.76. The van der Waals surface area contributed by atoms with Crippen molar-refractivity contribution < 1.29 is 17.9 Å². The van der Waals surface area contributed by atoms with Crippen molar-refractivity contribution in [3.63, 3.8) is 0 Å². The van der Waals surface area contributed by atoms with Crippen LogP contribution in [0.15, 0.2) is 0 Å². The van der Waals surface area contributed by atoms with E-state index in [1.807, 2.05) is 14.0 Å². The van der Waals surface area contributed by atoms with Crippen LogP contribution in [0.25, 0.3) is 0 Å². The number of hydrogen-bond donors (Lipinski definition) is 0. The van der Waals surface area contributed by atoms with Gasteiger partial charge in [-0.15, -0.1) is 0 Å². The molecule has 0 amide bonds. The molecule has 1 aliphatic heterocycles. The summed E-state index contributed by atoms with van der Waals surface area (Å²) < 4.78 is 40.0. The lowest BCUT2D eigenvalue weighted by Gasteiger charge is -2.15. The minimum absolute atomic E-state index is 0.213. The highest BCUT2D eigenvalue weighted by atomic mass is 19.4. The van der Waals surface area contributed by atoms with Gasteiger partial charge in [0.1, 0.15) is 6.61 Å². The number of hydrogen-bond acceptors (Lipinski definition) is 2. The van der Waals surface area contributed by atoms with Crippen LogP contribution in [0.3, 0.4) is 0 Å². The van der Waals surface area contributed by atoms with Crippen molar-refractivity contribution >= 4 is 0 Å². The molecule has 2 nitrogen and oxygen atoms in total. The number of ether oxygens (including phenoxy) is 1. The van der Waals surface area contributed by atoms with Gasteiger partial charge in [0.05, 0.1) is 6.61 Å². The van der Waals surface area contributed by atoms with Crippen molar-refractivity contribution in [1.29, 1.82) is 0 Å². The zero-order valence-corrected chi connectivity index (χ0v) is 8.47. The Balaban J connectivity index is 2.19. The molecular formula is C9H16F3NO. The molecule has 0 saturated carbocycles. The lowest BCUT2D eigenvalue weighted by molar-refractivity contribution is -0.176. The summed E-state index contributed by atoms with van der Waals surface area (Å²) >= 11 is 0. The topological polar surface area (TPSA) is 12.5 Å². The van der Waals surface area contributed by atoms with Gasteiger partial charge in [-0.25, -0.2) is 0 Å². The third-order valence-electron chi connectivity index (χ3n) is 2.55. The first-order chi connectivity index (χ1) is 6.38. The van der Waals surface area contributed by atoms with E-state index in [4.69, 9.17) is 0 Å². The van der Waals surface area contributed by atoms with E-state index in [0.29, 0.717) is 5.92 Å². The van der Waals surface area contributed by atoms with Crippen molar-refractivity contribution in [1.82, 2.24) is 4.90 Å². The smallest absolute Gasteiger partial charge is 0.372 e. The van der Waals surface area contributed by atoms with Gasteiger partial charge in [0.15, 0.2) is 0 Å².